The molecule has 0 radical (unpaired) electrons. The number of aromatic nitrogens is 1. The zero-order valence-corrected chi connectivity index (χ0v) is 15.2. The number of para-hydroxylation sites is 2. The van der Waals surface area contributed by atoms with Gasteiger partial charge in [-0.3, -0.25) is 0 Å². The zero-order chi connectivity index (χ0) is 19.1. The minimum absolute atomic E-state index is 0.508. The summed E-state index contributed by atoms with van der Waals surface area (Å²) >= 11 is 0. The third-order valence-corrected chi connectivity index (χ3v) is 5.24. The normalized spacial score (nSPS) is 11.2. The lowest BCUT2D eigenvalue weighted by molar-refractivity contribution is 0.426. The maximum atomic E-state index is 9.76. The van der Waals surface area contributed by atoms with Gasteiger partial charge < -0.3 is 14.6 Å². The van der Waals surface area contributed by atoms with Crippen molar-refractivity contribution in [2.75, 3.05) is 0 Å². The molecule has 4 aromatic carbocycles. The molecule has 0 unspecified atom stereocenters. The van der Waals surface area contributed by atoms with Crippen LogP contribution < -0.4 is 5.46 Å². The van der Waals surface area contributed by atoms with Gasteiger partial charge >= 0.3 is 7.12 Å². The van der Waals surface area contributed by atoms with Gasteiger partial charge in [0.25, 0.3) is 0 Å². The van der Waals surface area contributed by atoms with E-state index < -0.39 is 7.12 Å². The molecule has 0 bridgehead atoms. The molecular weight excluding hydrogens is 345 g/mol. The summed E-state index contributed by atoms with van der Waals surface area (Å²) in [5.41, 5.74) is 5.69. The average Bonchev–Trinajstić information content (AvgIpc) is 3.08. The van der Waals surface area contributed by atoms with E-state index in [1.54, 1.807) is 6.07 Å². The van der Waals surface area contributed by atoms with Crippen molar-refractivity contribution in [1.82, 2.24) is 4.57 Å². The summed E-state index contributed by atoms with van der Waals surface area (Å²) < 4.78 is 2.27. The van der Waals surface area contributed by atoms with Crippen LogP contribution in [0.1, 0.15) is 0 Å². The second kappa shape index (κ2) is 6.68. The van der Waals surface area contributed by atoms with Gasteiger partial charge in [-0.2, -0.15) is 0 Å². The molecule has 0 atom stereocenters. The van der Waals surface area contributed by atoms with Gasteiger partial charge in [-0.1, -0.05) is 66.7 Å². The fourth-order valence-corrected chi connectivity index (χ4v) is 3.98. The van der Waals surface area contributed by atoms with E-state index in [2.05, 4.69) is 53.1 Å². The summed E-state index contributed by atoms with van der Waals surface area (Å²) in [6.45, 7) is 0. The molecule has 3 nitrogen and oxygen atoms in total. The first-order valence-corrected chi connectivity index (χ1v) is 9.28. The Bertz CT molecular complexity index is 1290. The van der Waals surface area contributed by atoms with Crippen molar-refractivity contribution in [3.63, 3.8) is 0 Å². The van der Waals surface area contributed by atoms with E-state index in [0.29, 0.717) is 5.46 Å². The lowest BCUT2D eigenvalue weighted by atomic mass is 9.75. The van der Waals surface area contributed by atoms with Crippen LogP contribution >= 0.6 is 0 Å². The van der Waals surface area contributed by atoms with Crippen LogP contribution in [0.2, 0.25) is 0 Å². The summed E-state index contributed by atoms with van der Waals surface area (Å²) in [7, 11) is -1.50. The van der Waals surface area contributed by atoms with Crippen LogP contribution in [0.3, 0.4) is 0 Å². The molecule has 0 saturated carbocycles. The largest absolute Gasteiger partial charge is 0.489 e. The highest BCUT2D eigenvalue weighted by atomic mass is 16.4. The van der Waals surface area contributed by atoms with E-state index in [1.807, 2.05) is 42.5 Å². The van der Waals surface area contributed by atoms with Crippen LogP contribution in [0.25, 0.3) is 38.6 Å². The number of hydrogen-bond acceptors (Lipinski definition) is 2. The molecule has 0 amide bonds. The Morgan fingerprint density at radius 2 is 1.29 bits per heavy atom. The van der Waals surface area contributed by atoms with Crippen LogP contribution in [0.4, 0.5) is 0 Å². The first-order valence-electron chi connectivity index (χ1n) is 9.28. The van der Waals surface area contributed by atoms with Gasteiger partial charge in [-0.05, 0) is 46.9 Å². The molecule has 28 heavy (non-hydrogen) atoms. The SMILES string of the molecule is OB(O)c1ccccc1-c1ccc2c(c1)c1ccccc1n2-c1ccccc1. The second-order valence-corrected chi connectivity index (χ2v) is 6.88. The van der Waals surface area contributed by atoms with Crippen LogP contribution in [0.5, 0.6) is 0 Å². The summed E-state index contributed by atoms with van der Waals surface area (Å²) in [4.78, 5) is 0. The van der Waals surface area contributed by atoms with Gasteiger partial charge in [0, 0.05) is 16.5 Å². The Balaban J connectivity index is 1.82. The third-order valence-electron chi connectivity index (χ3n) is 5.24. The Kier molecular flexibility index (Phi) is 4.01. The Labute approximate surface area is 163 Å². The number of hydrogen-bond donors (Lipinski definition) is 2. The minimum atomic E-state index is -1.50. The molecule has 0 aliphatic rings. The van der Waals surface area contributed by atoms with Crippen LogP contribution in [0.15, 0.2) is 97.1 Å². The molecule has 134 valence electrons. The van der Waals surface area contributed by atoms with E-state index in [9.17, 15) is 10.0 Å². The highest BCUT2D eigenvalue weighted by molar-refractivity contribution is 6.60. The Hall–Kier alpha value is -3.34. The van der Waals surface area contributed by atoms with Gasteiger partial charge in [0.2, 0.25) is 0 Å². The topological polar surface area (TPSA) is 45.4 Å². The van der Waals surface area contributed by atoms with Crippen molar-refractivity contribution >= 4 is 34.4 Å². The number of fused-ring (bicyclic) bond motifs is 3. The fraction of sp³-hybridized carbons (Fsp3) is 0. The smallest absolute Gasteiger partial charge is 0.423 e. The molecule has 0 spiro atoms. The monoisotopic (exact) mass is 363 g/mol. The van der Waals surface area contributed by atoms with Gasteiger partial charge in [0.15, 0.2) is 0 Å². The summed E-state index contributed by atoms with van der Waals surface area (Å²) in [6, 6.07) is 32.4. The first kappa shape index (κ1) is 16.8. The van der Waals surface area contributed by atoms with Crippen molar-refractivity contribution in [2.24, 2.45) is 0 Å². The number of benzene rings is 4. The molecule has 1 heterocycles. The van der Waals surface area contributed by atoms with Crippen molar-refractivity contribution in [3.8, 4) is 16.8 Å². The maximum absolute atomic E-state index is 9.76. The van der Waals surface area contributed by atoms with Gasteiger partial charge in [0.05, 0.1) is 11.0 Å². The number of nitrogens with zero attached hydrogens (tertiary/aromatic N) is 1. The molecular formula is C24H18BNO2. The van der Waals surface area contributed by atoms with Crippen molar-refractivity contribution in [1.29, 1.82) is 0 Å². The predicted molar refractivity (Wildman–Crippen MR) is 116 cm³/mol. The van der Waals surface area contributed by atoms with E-state index in [1.165, 1.54) is 5.39 Å². The van der Waals surface area contributed by atoms with Crippen LogP contribution in [0, 0.1) is 0 Å². The second-order valence-electron chi connectivity index (χ2n) is 6.88. The molecule has 4 heteroatoms. The summed E-state index contributed by atoms with van der Waals surface area (Å²) in [5.74, 6) is 0. The molecule has 0 aliphatic carbocycles. The number of rotatable bonds is 3. The fourth-order valence-electron chi connectivity index (χ4n) is 3.98. The van der Waals surface area contributed by atoms with Crippen molar-refractivity contribution < 1.29 is 10.0 Å². The third kappa shape index (κ3) is 2.62. The zero-order valence-electron chi connectivity index (χ0n) is 15.2. The molecule has 0 saturated heterocycles. The Morgan fingerprint density at radius 1 is 0.607 bits per heavy atom. The van der Waals surface area contributed by atoms with Crippen molar-refractivity contribution in [3.05, 3.63) is 97.1 Å². The van der Waals surface area contributed by atoms with Crippen LogP contribution in [-0.4, -0.2) is 21.7 Å². The first-order chi connectivity index (χ1) is 13.7. The molecule has 5 aromatic rings. The minimum Gasteiger partial charge on any atom is -0.423 e. The molecule has 5 rings (SSSR count). The van der Waals surface area contributed by atoms with Gasteiger partial charge in [-0.25, -0.2) is 0 Å². The van der Waals surface area contributed by atoms with Gasteiger partial charge in [0.1, 0.15) is 0 Å². The molecule has 0 aliphatic heterocycles. The van der Waals surface area contributed by atoms with Gasteiger partial charge in [-0.15, -0.1) is 0 Å². The molecule has 0 fully saturated rings. The lowest BCUT2D eigenvalue weighted by Gasteiger charge is -2.10. The van der Waals surface area contributed by atoms with Crippen molar-refractivity contribution in [2.45, 2.75) is 0 Å². The lowest BCUT2D eigenvalue weighted by Crippen LogP contribution is -2.31. The van der Waals surface area contributed by atoms with E-state index >= 15 is 0 Å². The molecule has 1 aromatic heterocycles. The molecule has 2 N–H and O–H groups in total. The highest BCUT2D eigenvalue weighted by Gasteiger charge is 2.18. The quantitative estimate of drug-likeness (QED) is 0.474. The highest BCUT2D eigenvalue weighted by Crippen LogP contribution is 2.34. The Morgan fingerprint density at radius 3 is 2.11 bits per heavy atom. The van der Waals surface area contributed by atoms with Crippen LogP contribution in [-0.2, 0) is 0 Å². The summed E-state index contributed by atoms with van der Waals surface area (Å²) in [6.07, 6.45) is 0. The maximum Gasteiger partial charge on any atom is 0.489 e. The van der Waals surface area contributed by atoms with E-state index in [-0.39, 0.29) is 0 Å². The average molecular weight is 363 g/mol. The summed E-state index contributed by atoms with van der Waals surface area (Å²) in [5, 5.41) is 21.8. The standard InChI is InChI=1S/C24H18BNO2/c27-25(28)22-12-6-4-10-19(22)17-14-15-24-21(16-17)20-11-5-7-13-23(20)26(24)18-8-2-1-3-9-18/h1-16,27-28H. The van der Waals surface area contributed by atoms with E-state index in [0.717, 1.165) is 33.2 Å². The predicted octanol–water partition coefficient (Wildman–Crippen LogP) is 4.13. The van der Waals surface area contributed by atoms with E-state index in [4.69, 9.17) is 0 Å².